The average Bonchev–Trinajstić information content (AvgIpc) is 2.35. The number of aliphatic hydroxyl groups is 1. The molecule has 100 valence electrons. The second kappa shape index (κ2) is 6.11. The van der Waals surface area contributed by atoms with Gasteiger partial charge in [0.25, 0.3) is 0 Å². The predicted octanol–water partition coefficient (Wildman–Crippen LogP) is 1.07. The van der Waals surface area contributed by atoms with Crippen molar-refractivity contribution >= 4 is 5.82 Å². The van der Waals surface area contributed by atoms with E-state index >= 15 is 0 Å². The van der Waals surface area contributed by atoms with E-state index in [0.717, 1.165) is 43.3 Å². The normalized spacial score (nSPS) is 20.2. The maximum Gasteiger partial charge on any atom is 0.132 e. The molecule has 0 amide bonds. The highest BCUT2D eigenvalue weighted by Crippen LogP contribution is 2.20. The first kappa shape index (κ1) is 13.2. The number of hydrogen-bond donors (Lipinski definition) is 1. The number of hydrogen-bond acceptors (Lipinski definition) is 5. The van der Waals surface area contributed by atoms with Gasteiger partial charge in [-0.2, -0.15) is 0 Å². The molecule has 0 spiro atoms. The lowest BCUT2D eigenvalue weighted by Gasteiger charge is -2.33. The van der Waals surface area contributed by atoms with Crippen molar-refractivity contribution in [1.29, 1.82) is 0 Å². The van der Waals surface area contributed by atoms with Crippen molar-refractivity contribution in [3.05, 3.63) is 17.6 Å². The summed E-state index contributed by atoms with van der Waals surface area (Å²) in [7, 11) is 0. The van der Waals surface area contributed by atoms with E-state index in [1.165, 1.54) is 0 Å². The van der Waals surface area contributed by atoms with Crippen LogP contribution in [0, 0.1) is 13.8 Å². The van der Waals surface area contributed by atoms with E-state index in [0.29, 0.717) is 6.61 Å². The first-order chi connectivity index (χ1) is 8.69. The Labute approximate surface area is 108 Å². The van der Waals surface area contributed by atoms with Gasteiger partial charge in [-0.05, 0) is 26.7 Å². The molecular formula is C13H21N3O2. The van der Waals surface area contributed by atoms with Gasteiger partial charge in [-0.15, -0.1) is 0 Å². The van der Waals surface area contributed by atoms with E-state index in [4.69, 9.17) is 9.84 Å². The molecule has 1 fully saturated rings. The van der Waals surface area contributed by atoms with Crippen LogP contribution in [0.3, 0.4) is 0 Å². The highest BCUT2D eigenvalue weighted by Gasteiger charge is 2.21. The van der Waals surface area contributed by atoms with Crippen LogP contribution < -0.4 is 4.90 Å². The summed E-state index contributed by atoms with van der Waals surface area (Å²) in [6, 6.07) is 2.02. The third kappa shape index (κ3) is 3.40. The lowest BCUT2D eigenvalue weighted by atomic mass is 10.1. The monoisotopic (exact) mass is 251 g/mol. The Morgan fingerprint density at radius 1 is 1.44 bits per heavy atom. The van der Waals surface area contributed by atoms with Crippen LogP contribution >= 0.6 is 0 Å². The second-order valence-corrected chi connectivity index (χ2v) is 4.72. The molecule has 5 nitrogen and oxygen atoms in total. The second-order valence-electron chi connectivity index (χ2n) is 4.72. The summed E-state index contributed by atoms with van der Waals surface area (Å²) in [4.78, 5) is 11.0. The Bertz CT molecular complexity index is 378. The standard InChI is InChI=1S/C13H21N3O2/c1-10-8-13(15-11(2)14-10)16-5-3-4-12(9-16)18-7-6-17/h8,12,17H,3-7,9H2,1-2H3. The van der Waals surface area contributed by atoms with Gasteiger partial charge in [-0.3, -0.25) is 0 Å². The molecule has 1 aliphatic heterocycles. The molecule has 1 atom stereocenters. The van der Waals surface area contributed by atoms with E-state index < -0.39 is 0 Å². The highest BCUT2D eigenvalue weighted by molar-refractivity contribution is 5.40. The third-order valence-corrected chi connectivity index (χ3v) is 3.10. The molecule has 18 heavy (non-hydrogen) atoms. The van der Waals surface area contributed by atoms with Crippen LogP contribution in [0.4, 0.5) is 5.82 Å². The maximum absolute atomic E-state index is 8.79. The van der Waals surface area contributed by atoms with Crippen LogP contribution in [0.15, 0.2) is 6.07 Å². The van der Waals surface area contributed by atoms with Gasteiger partial charge < -0.3 is 14.7 Å². The summed E-state index contributed by atoms with van der Waals surface area (Å²) in [6.07, 6.45) is 2.35. The fraction of sp³-hybridized carbons (Fsp3) is 0.692. The maximum atomic E-state index is 8.79. The molecule has 1 aromatic heterocycles. The van der Waals surface area contributed by atoms with Crippen LogP contribution in [0.2, 0.25) is 0 Å². The number of anilines is 1. The number of aryl methyl sites for hydroxylation is 2. The molecule has 0 aliphatic carbocycles. The van der Waals surface area contributed by atoms with E-state index in [1.807, 2.05) is 19.9 Å². The summed E-state index contributed by atoms with van der Waals surface area (Å²) >= 11 is 0. The van der Waals surface area contributed by atoms with Gasteiger partial charge in [0, 0.05) is 24.8 Å². The van der Waals surface area contributed by atoms with Crippen molar-refractivity contribution in [2.75, 3.05) is 31.2 Å². The van der Waals surface area contributed by atoms with E-state index in [2.05, 4.69) is 14.9 Å². The molecule has 0 aromatic carbocycles. The molecule has 1 saturated heterocycles. The van der Waals surface area contributed by atoms with Gasteiger partial charge in [-0.25, -0.2) is 9.97 Å². The van der Waals surface area contributed by atoms with Crippen molar-refractivity contribution in [3.63, 3.8) is 0 Å². The Balaban J connectivity index is 2.03. The zero-order valence-corrected chi connectivity index (χ0v) is 11.1. The highest BCUT2D eigenvalue weighted by atomic mass is 16.5. The minimum Gasteiger partial charge on any atom is -0.394 e. The van der Waals surface area contributed by atoms with Crippen LogP contribution in [-0.2, 0) is 4.74 Å². The Morgan fingerprint density at radius 2 is 2.28 bits per heavy atom. The van der Waals surface area contributed by atoms with Gasteiger partial charge in [-0.1, -0.05) is 0 Å². The zero-order valence-electron chi connectivity index (χ0n) is 11.1. The van der Waals surface area contributed by atoms with E-state index in [-0.39, 0.29) is 12.7 Å². The number of nitrogens with zero attached hydrogens (tertiary/aromatic N) is 3. The number of ether oxygens (including phenoxy) is 1. The number of piperidine rings is 1. The molecule has 1 unspecified atom stereocenters. The van der Waals surface area contributed by atoms with Gasteiger partial charge in [0.2, 0.25) is 0 Å². The van der Waals surface area contributed by atoms with Gasteiger partial charge in [0.15, 0.2) is 0 Å². The molecule has 0 radical (unpaired) electrons. The topological polar surface area (TPSA) is 58.5 Å². The molecule has 1 aliphatic rings. The van der Waals surface area contributed by atoms with Crippen LogP contribution in [-0.4, -0.2) is 47.5 Å². The molecule has 1 N–H and O–H groups in total. The zero-order chi connectivity index (χ0) is 13.0. The van der Waals surface area contributed by atoms with Gasteiger partial charge in [0.1, 0.15) is 11.6 Å². The van der Waals surface area contributed by atoms with E-state index in [1.54, 1.807) is 0 Å². The van der Waals surface area contributed by atoms with Crippen LogP contribution in [0.5, 0.6) is 0 Å². The minimum atomic E-state index is 0.0855. The smallest absolute Gasteiger partial charge is 0.132 e. The molecule has 5 heteroatoms. The van der Waals surface area contributed by atoms with Crippen LogP contribution in [0.25, 0.3) is 0 Å². The van der Waals surface area contributed by atoms with Crippen molar-refractivity contribution in [2.24, 2.45) is 0 Å². The number of aliphatic hydroxyl groups excluding tert-OH is 1. The largest absolute Gasteiger partial charge is 0.394 e. The summed E-state index contributed by atoms with van der Waals surface area (Å²) < 4.78 is 5.61. The summed E-state index contributed by atoms with van der Waals surface area (Å²) in [6.45, 7) is 6.26. The van der Waals surface area contributed by atoms with Crippen LogP contribution in [0.1, 0.15) is 24.4 Å². The lowest BCUT2D eigenvalue weighted by Crippen LogP contribution is -2.40. The molecule has 2 heterocycles. The fourth-order valence-corrected chi connectivity index (χ4v) is 2.36. The van der Waals surface area contributed by atoms with Gasteiger partial charge in [0.05, 0.1) is 19.3 Å². The molecule has 0 saturated carbocycles. The minimum absolute atomic E-state index is 0.0855. The lowest BCUT2D eigenvalue weighted by molar-refractivity contribution is 0.0213. The summed E-state index contributed by atoms with van der Waals surface area (Å²) in [5, 5.41) is 8.79. The average molecular weight is 251 g/mol. The van der Waals surface area contributed by atoms with Crippen molar-refractivity contribution in [1.82, 2.24) is 9.97 Å². The first-order valence-corrected chi connectivity index (χ1v) is 6.48. The summed E-state index contributed by atoms with van der Waals surface area (Å²) in [5.41, 5.74) is 0.996. The fourth-order valence-electron chi connectivity index (χ4n) is 2.36. The van der Waals surface area contributed by atoms with Crippen molar-refractivity contribution in [3.8, 4) is 0 Å². The molecular weight excluding hydrogens is 230 g/mol. The Hall–Kier alpha value is -1.20. The molecule has 0 bridgehead atoms. The van der Waals surface area contributed by atoms with E-state index in [9.17, 15) is 0 Å². The van der Waals surface area contributed by atoms with Gasteiger partial charge >= 0.3 is 0 Å². The quantitative estimate of drug-likeness (QED) is 0.867. The number of aromatic nitrogens is 2. The SMILES string of the molecule is Cc1cc(N2CCCC(OCCO)C2)nc(C)n1. The van der Waals surface area contributed by atoms with Crippen molar-refractivity contribution < 1.29 is 9.84 Å². The third-order valence-electron chi connectivity index (χ3n) is 3.10. The number of rotatable bonds is 4. The van der Waals surface area contributed by atoms with Crippen molar-refractivity contribution in [2.45, 2.75) is 32.8 Å². The summed E-state index contributed by atoms with van der Waals surface area (Å²) in [5.74, 6) is 1.79. The molecule has 2 rings (SSSR count). The Morgan fingerprint density at radius 3 is 3.00 bits per heavy atom. The predicted molar refractivity (Wildman–Crippen MR) is 69.8 cm³/mol. The first-order valence-electron chi connectivity index (χ1n) is 6.48. The molecule has 1 aromatic rings. The Kier molecular flexibility index (Phi) is 4.49.